The Morgan fingerprint density at radius 3 is 2.30 bits per heavy atom. The van der Waals surface area contributed by atoms with Gasteiger partial charge in [0.2, 0.25) is 0 Å². The number of sulfonamides is 1. The van der Waals surface area contributed by atoms with Crippen molar-refractivity contribution in [2.24, 2.45) is 5.10 Å². The van der Waals surface area contributed by atoms with Crippen molar-refractivity contribution in [2.45, 2.75) is 11.5 Å². The maximum absolute atomic E-state index is 13.5. The number of hydrazone groups is 1. The van der Waals surface area contributed by atoms with Crippen molar-refractivity contribution in [3.05, 3.63) is 115 Å². The van der Waals surface area contributed by atoms with Crippen molar-refractivity contribution in [1.82, 2.24) is 5.43 Å². The number of hydrogen-bond donors (Lipinski definition) is 1. The van der Waals surface area contributed by atoms with E-state index in [1.54, 1.807) is 48.5 Å². The zero-order valence-electron chi connectivity index (χ0n) is 22.2. The molecule has 0 fully saturated rings. The normalized spacial score (nSPS) is 11.4. The van der Waals surface area contributed by atoms with Crippen molar-refractivity contribution in [3.8, 4) is 11.5 Å². The maximum atomic E-state index is 13.5. The van der Waals surface area contributed by atoms with E-state index in [4.69, 9.17) is 55.9 Å². The molecule has 0 unspecified atom stereocenters. The zero-order valence-corrected chi connectivity index (χ0v) is 27.7. The number of nitrogens with one attached hydrogen (secondary N) is 1. The first-order chi connectivity index (χ1) is 20.5. The van der Waals surface area contributed by atoms with Crippen LogP contribution in [0.4, 0.5) is 5.69 Å². The van der Waals surface area contributed by atoms with E-state index in [0.29, 0.717) is 31.6 Å². The highest BCUT2D eigenvalue weighted by Gasteiger charge is 2.27. The second-order valence-electron chi connectivity index (χ2n) is 8.80. The summed E-state index contributed by atoms with van der Waals surface area (Å²) in [6, 6.07) is 20.4. The average Bonchev–Trinajstić information content (AvgIpc) is 2.95. The minimum atomic E-state index is -4.16. The molecule has 4 rings (SSSR count). The predicted molar refractivity (Wildman–Crippen MR) is 175 cm³/mol. The quantitative estimate of drug-likeness (QED) is 0.124. The van der Waals surface area contributed by atoms with Gasteiger partial charge in [-0.3, -0.25) is 9.10 Å². The van der Waals surface area contributed by atoms with Gasteiger partial charge in [-0.2, -0.15) is 5.10 Å². The fourth-order valence-electron chi connectivity index (χ4n) is 3.81. The van der Waals surface area contributed by atoms with Gasteiger partial charge in [-0.25, -0.2) is 13.8 Å². The minimum absolute atomic E-state index is 0.0139. The van der Waals surface area contributed by atoms with E-state index in [1.807, 2.05) is 0 Å². The summed E-state index contributed by atoms with van der Waals surface area (Å²) in [5, 5.41) is 5.39. The summed E-state index contributed by atoms with van der Waals surface area (Å²) in [5.74, 6) is 0.111. The number of methoxy groups -OCH3 is 1. The predicted octanol–water partition coefficient (Wildman–Crippen LogP) is 8.00. The Morgan fingerprint density at radius 2 is 1.65 bits per heavy atom. The lowest BCUT2D eigenvalue weighted by molar-refractivity contribution is -0.119. The molecule has 0 saturated heterocycles. The third kappa shape index (κ3) is 8.56. The number of rotatable bonds is 11. The lowest BCUT2D eigenvalue weighted by Crippen LogP contribution is -2.39. The van der Waals surface area contributed by atoms with E-state index in [-0.39, 0.29) is 27.2 Å². The molecule has 1 N–H and O–H groups in total. The first kappa shape index (κ1) is 32.9. The highest BCUT2D eigenvalue weighted by Crippen LogP contribution is 2.37. The molecule has 224 valence electrons. The molecule has 0 aliphatic rings. The molecule has 4 aromatic rings. The molecular weight excluding hydrogens is 724 g/mol. The first-order valence-electron chi connectivity index (χ1n) is 12.3. The minimum Gasteiger partial charge on any atom is -0.493 e. The molecule has 0 atom stereocenters. The number of carbonyl (C=O) groups excluding carboxylic acids is 1. The van der Waals surface area contributed by atoms with Crippen LogP contribution in [0.2, 0.25) is 20.1 Å². The van der Waals surface area contributed by atoms with Gasteiger partial charge in [-0.15, -0.1) is 0 Å². The van der Waals surface area contributed by atoms with E-state index in [2.05, 4.69) is 26.5 Å². The summed E-state index contributed by atoms with van der Waals surface area (Å²) in [5.41, 5.74) is 3.76. The van der Waals surface area contributed by atoms with Crippen LogP contribution in [0.1, 0.15) is 11.1 Å². The molecule has 0 bridgehead atoms. The van der Waals surface area contributed by atoms with E-state index >= 15 is 0 Å². The fourth-order valence-corrected chi connectivity index (χ4v) is 6.78. The average molecular weight is 746 g/mol. The molecule has 1 amide bonds. The van der Waals surface area contributed by atoms with Gasteiger partial charge in [0.15, 0.2) is 11.5 Å². The van der Waals surface area contributed by atoms with E-state index in [0.717, 1.165) is 9.87 Å². The van der Waals surface area contributed by atoms with Crippen molar-refractivity contribution in [3.63, 3.8) is 0 Å². The second-order valence-corrected chi connectivity index (χ2v) is 13.2. The Morgan fingerprint density at radius 1 is 0.953 bits per heavy atom. The maximum Gasteiger partial charge on any atom is 0.264 e. The van der Waals surface area contributed by atoms with Gasteiger partial charge in [-0.1, -0.05) is 70.7 Å². The van der Waals surface area contributed by atoms with E-state index in [1.165, 1.54) is 43.7 Å². The van der Waals surface area contributed by atoms with Gasteiger partial charge in [0.05, 0.1) is 28.4 Å². The third-order valence-electron chi connectivity index (χ3n) is 5.80. The molecule has 0 aliphatic carbocycles. The Balaban J connectivity index is 1.50. The van der Waals surface area contributed by atoms with Crippen LogP contribution < -0.4 is 19.2 Å². The molecule has 8 nitrogen and oxygen atoms in total. The van der Waals surface area contributed by atoms with Crippen LogP contribution >= 0.6 is 62.3 Å². The summed E-state index contributed by atoms with van der Waals surface area (Å²) in [4.78, 5) is 12.9. The SMILES string of the molecule is COc1cc(/C=N\NC(=O)CN(c2cc(Cl)cc(Cl)c2)S(=O)(=O)c2ccccc2)cc(Br)c1OCc1ccc(Cl)cc1Cl. The monoisotopic (exact) mass is 743 g/mol. The molecule has 0 radical (unpaired) electrons. The summed E-state index contributed by atoms with van der Waals surface area (Å²) >= 11 is 27.9. The highest BCUT2D eigenvalue weighted by atomic mass is 79.9. The summed E-state index contributed by atoms with van der Waals surface area (Å²) < 4.78 is 39.8. The van der Waals surface area contributed by atoms with Crippen molar-refractivity contribution < 1.29 is 22.7 Å². The molecular formula is C29H22BrCl4N3O5S. The highest BCUT2D eigenvalue weighted by molar-refractivity contribution is 9.10. The number of carbonyl (C=O) groups is 1. The van der Waals surface area contributed by atoms with Crippen LogP contribution in [-0.4, -0.2) is 34.2 Å². The zero-order chi connectivity index (χ0) is 31.1. The number of benzene rings is 4. The standard InChI is InChI=1S/C29H22BrCl4N3O5S/c1-41-27-10-18(9-25(30)29(27)42-17-19-7-8-20(31)14-26(19)34)15-35-36-28(38)16-37(23-12-21(32)11-22(33)13-23)43(39,40)24-5-3-2-4-6-24/h2-15H,16-17H2,1H3,(H,36,38)/b35-15-. The smallest absolute Gasteiger partial charge is 0.264 e. The topological polar surface area (TPSA) is 97.3 Å². The summed E-state index contributed by atoms with van der Waals surface area (Å²) in [6.07, 6.45) is 1.37. The number of hydrogen-bond acceptors (Lipinski definition) is 6. The molecule has 4 aromatic carbocycles. The molecule has 0 heterocycles. The van der Waals surface area contributed by atoms with Crippen LogP contribution in [0.3, 0.4) is 0 Å². The first-order valence-corrected chi connectivity index (χ1v) is 16.0. The van der Waals surface area contributed by atoms with Gasteiger partial charge in [0.25, 0.3) is 15.9 Å². The number of anilines is 1. The van der Waals surface area contributed by atoms with Crippen LogP contribution in [0.15, 0.2) is 93.3 Å². The van der Waals surface area contributed by atoms with Crippen LogP contribution in [-0.2, 0) is 21.4 Å². The van der Waals surface area contributed by atoms with Crippen LogP contribution in [0, 0.1) is 0 Å². The summed E-state index contributed by atoms with van der Waals surface area (Å²) in [6.45, 7) is -0.438. The van der Waals surface area contributed by atoms with Gasteiger partial charge in [0.1, 0.15) is 13.2 Å². The number of nitrogens with zero attached hydrogens (tertiary/aromatic N) is 2. The number of amides is 1. The Bertz CT molecular complexity index is 1760. The van der Waals surface area contributed by atoms with E-state index in [9.17, 15) is 13.2 Å². The molecule has 0 saturated carbocycles. The van der Waals surface area contributed by atoms with Crippen LogP contribution in [0.5, 0.6) is 11.5 Å². The molecule has 14 heteroatoms. The lowest BCUT2D eigenvalue weighted by atomic mass is 10.2. The second kappa shape index (κ2) is 14.7. The van der Waals surface area contributed by atoms with Crippen molar-refractivity contribution in [1.29, 1.82) is 0 Å². The Hall–Kier alpha value is -2.99. The van der Waals surface area contributed by atoms with Crippen LogP contribution in [0.25, 0.3) is 0 Å². The third-order valence-corrected chi connectivity index (χ3v) is 9.20. The molecule has 0 spiro atoms. The molecule has 0 aromatic heterocycles. The van der Waals surface area contributed by atoms with Gasteiger partial charge >= 0.3 is 0 Å². The Kier molecular flexibility index (Phi) is 11.2. The Labute approximate surface area is 277 Å². The van der Waals surface area contributed by atoms with E-state index < -0.39 is 22.5 Å². The number of halogens is 5. The van der Waals surface area contributed by atoms with Gasteiger partial charge in [-0.05, 0) is 76.1 Å². The molecule has 0 aliphatic heterocycles. The fraction of sp³-hybridized carbons (Fsp3) is 0.103. The van der Waals surface area contributed by atoms with Gasteiger partial charge < -0.3 is 9.47 Å². The lowest BCUT2D eigenvalue weighted by Gasteiger charge is -2.24. The largest absolute Gasteiger partial charge is 0.493 e. The van der Waals surface area contributed by atoms with Crippen molar-refractivity contribution >= 4 is 90.2 Å². The molecule has 43 heavy (non-hydrogen) atoms. The number of ether oxygens (including phenoxy) is 2. The van der Waals surface area contributed by atoms with Crippen molar-refractivity contribution in [2.75, 3.05) is 18.0 Å². The summed E-state index contributed by atoms with van der Waals surface area (Å²) in [7, 11) is -2.68. The van der Waals surface area contributed by atoms with Gasteiger partial charge in [0, 0.05) is 25.7 Å².